The van der Waals surface area contributed by atoms with Gasteiger partial charge < -0.3 is 5.32 Å². The lowest BCUT2D eigenvalue weighted by Crippen LogP contribution is -2.39. The summed E-state index contributed by atoms with van der Waals surface area (Å²) < 4.78 is 0. The smallest absolute Gasteiger partial charge is 0.242 e. The second kappa shape index (κ2) is 4.72. The summed E-state index contributed by atoms with van der Waals surface area (Å²) in [6.07, 6.45) is 2.55. The van der Waals surface area contributed by atoms with Crippen LogP contribution in [0, 0.1) is 0 Å². The lowest BCUT2D eigenvalue weighted by molar-refractivity contribution is -0.117. The monoisotopic (exact) mass is 242 g/mol. The topological polar surface area (TPSA) is 66.0 Å². The average molecular weight is 242 g/mol. The van der Waals surface area contributed by atoms with E-state index in [1.54, 1.807) is 6.20 Å². The van der Waals surface area contributed by atoms with Gasteiger partial charge in [0.1, 0.15) is 6.04 Å². The Labute approximate surface area is 105 Å². The first-order valence-corrected chi connectivity index (χ1v) is 5.97. The molecule has 1 atom stereocenters. The molecule has 1 saturated heterocycles. The van der Waals surface area contributed by atoms with Crippen molar-refractivity contribution in [3.05, 3.63) is 36.5 Å². The zero-order valence-corrected chi connectivity index (χ0v) is 9.81. The average Bonchev–Trinajstić information content (AvgIpc) is 2.93. The Morgan fingerprint density at radius 2 is 2.28 bits per heavy atom. The maximum atomic E-state index is 12.0. The van der Waals surface area contributed by atoms with Gasteiger partial charge in [-0.2, -0.15) is 0 Å². The summed E-state index contributed by atoms with van der Waals surface area (Å²) in [5, 5.41) is 3.90. The van der Waals surface area contributed by atoms with E-state index >= 15 is 0 Å². The predicted molar refractivity (Wildman–Crippen MR) is 69.9 cm³/mol. The summed E-state index contributed by atoms with van der Waals surface area (Å²) in [6, 6.07) is 9.37. The molecule has 2 heterocycles. The van der Waals surface area contributed by atoms with Crippen molar-refractivity contribution < 1.29 is 4.79 Å². The molecule has 0 aliphatic carbocycles. The molecule has 5 nitrogen and oxygen atoms in total. The van der Waals surface area contributed by atoms with Crippen LogP contribution in [0.15, 0.2) is 36.5 Å². The zero-order chi connectivity index (χ0) is 12.4. The third-order valence-electron chi connectivity index (χ3n) is 3.05. The highest BCUT2D eigenvalue weighted by molar-refractivity contribution is 6.02. The number of nitrogens with zero attached hydrogens (tertiary/aromatic N) is 1. The van der Waals surface area contributed by atoms with E-state index in [1.165, 1.54) is 0 Å². The lowest BCUT2D eigenvalue weighted by atomic mass is 10.1. The van der Waals surface area contributed by atoms with Crippen molar-refractivity contribution in [2.75, 3.05) is 11.9 Å². The Balaban J connectivity index is 1.88. The summed E-state index contributed by atoms with van der Waals surface area (Å²) in [6.45, 7) is 0.815. The number of carbonyl (C=O) groups is 1. The summed E-state index contributed by atoms with van der Waals surface area (Å²) >= 11 is 0. The van der Waals surface area contributed by atoms with Gasteiger partial charge in [-0.1, -0.05) is 6.07 Å². The number of nitrogens with one attached hydrogen (secondary N) is 3. The fourth-order valence-corrected chi connectivity index (χ4v) is 2.11. The van der Waals surface area contributed by atoms with Crippen LogP contribution in [0.3, 0.4) is 0 Å². The first-order chi connectivity index (χ1) is 8.84. The summed E-state index contributed by atoms with van der Waals surface area (Å²) in [4.78, 5) is 16.3. The van der Waals surface area contributed by atoms with Crippen molar-refractivity contribution in [1.82, 2.24) is 15.8 Å². The number of rotatable bonds is 2. The molecule has 3 rings (SSSR count). The second-order valence-corrected chi connectivity index (χ2v) is 4.28. The Bertz CT molecular complexity index is 573. The zero-order valence-electron chi connectivity index (χ0n) is 9.81. The van der Waals surface area contributed by atoms with Gasteiger partial charge in [0.2, 0.25) is 5.91 Å². The molecule has 0 radical (unpaired) electrons. The molecular formula is C13H14N4O. The van der Waals surface area contributed by atoms with Crippen LogP contribution in [0.1, 0.15) is 6.42 Å². The Morgan fingerprint density at radius 1 is 1.33 bits per heavy atom. The second-order valence-electron chi connectivity index (χ2n) is 4.28. The third kappa shape index (κ3) is 2.05. The molecule has 5 heteroatoms. The Morgan fingerprint density at radius 3 is 3.11 bits per heavy atom. The van der Waals surface area contributed by atoms with Crippen LogP contribution >= 0.6 is 0 Å². The van der Waals surface area contributed by atoms with Crippen molar-refractivity contribution >= 4 is 22.5 Å². The summed E-state index contributed by atoms with van der Waals surface area (Å²) in [5.74, 6) is -0.0173. The van der Waals surface area contributed by atoms with Gasteiger partial charge in [0, 0.05) is 18.1 Å². The predicted octanol–water partition coefficient (Wildman–Crippen LogP) is 1.04. The molecule has 1 fully saturated rings. The largest absolute Gasteiger partial charge is 0.324 e. The highest BCUT2D eigenvalue weighted by atomic mass is 16.2. The van der Waals surface area contributed by atoms with Crippen LogP contribution in [-0.2, 0) is 4.79 Å². The van der Waals surface area contributed by atoms with Crippen molar-refractivity contribution in [2.45, 2.75) is 12.5 Å². The molecule has 0 spiro atoms. The molecule has 3 N–H and O–H groups in total. The normalized spacial score (nSPS) is 19.0. The van der Waals surface area contributed by atoms with Crippen molar-refractivity contribution in [3.63, 3.8) is 0 Å². The Hall–Kier alpha value is -1.98. The Kier molecular flexibility index (Phi) is 2.92. The molecule has 1 aromatic heterocycles. The fourth-order valence-electron chi connectivity index (χ4n) is 2.11. The number of amides is 1. The van der Waals surface area contributed by atoms with E-state index in [0.717, 1.165) is 29.6 Å². The van der Waals surface area contributed by atoms with Crippen molar-refractivity contribution in [1.29, 1.82) is 0 Å². The van der Waals surface area contributed by atoms with Crippen LogP contribution in [0.25, 0.3) is 10.9 Å². The minimum atomic E-state index is -0.170. The molecule has 0 saturated carbocycles. The van der Waals surface area contributed by atoms with Crippen LogP contribution in [-0.4, -0.2) is 23.5 Å². The number of benzene rings is 1. The summed E-state index contributed by atoms with van der Waals surface area (Å²) in [5.41, 5.74) is 7.59. The van der Waals surface area contributed by atoms with Gasteiger partial charge >= 0.3 is 0 Å². The van der Waals surface area contributed by atoms with Crippen molar-refractivity contribution in [2.24, 2.45) is 0 Å². The van der Waals surface area contributed by atoms with Crippen LogP contribution in [0.2, 0.25) is 0 Å². The highest BCUT2D eigenvalue weighted by Crippen LogP contribution is 2.21. The van der Waals surface area contributed by atoms with Gasteiger partial charge in [0.25, 0.3) is 0 Å². The van der Waals surface area contributed by atoms with E-state index in [9.17, 15) is 4.79 Å². The molecule has 1 aliphatic heterocycles. The molecule has 1 aliphatic rings. The molecule has 18 heavy (non-hydrogen) atoms. The number of anilines is 1. The molecular weight excluding hydrogens is 228 g/mol. The maximum absolute atomic E-state index is 12.0. The lowest BCUT2D eigenvalue weighted by Gasteiger charge is -2.12. The first-order valence-electron chi connectivity index (χ1n) is 5.97. The number of aromatic nitrogens is 1. The fraction of sp³-hybridized carbons (Fsp3) is 0.231. The number of hydrogen-bond donors (Lipinski definition) is 3. The standard InChI is InChI=1S/C13H14N4O/c18-13(12-6-8-15-17-12)16-11-5-1-4-10-9(11)3-2-7-14-10/h1-5,7,12,15,17H,6,8H2,(H,16,18). The molecule has 92 valence electrons. The van der Waals surface area contributed by atoms with Gasteiger partial charge in [-0.05, 0) is 30.7 Å². The minimum Gasteiger partial charge on any atom is -0.324 e. The number of fused-ring (bicyclic) bond motifs is 1. The maximum Gasteiger partial charge on any atom is 0.242 e. The van der Waals surface area contributed by atoms with E-state index in [2.05, 4.69) is 21.2 Å². The van der Waals surface area contributed by atoms with Gasteiger partial charge in [0.15, 0.2) is 0 Å². The molecule has 0 bridgehead atoms. The van der Waals surface area contributed by atoms with E-state index in [-0.39, 0.29) is 11.9 Å². The number of hydrazine groups is 1. The third-order valence-corrected chi connectivity index (χ3v) is 3.05. The van der Waals surface area contributed by atoms with Gasteiger partial charge in [0.05, 0.1) is 11.2 Å². The van der Waals surface area contributed by atoms with Crippen LogP contribution in [0.5, 0.6) is 0 Å². The van der Waals surface area contributed by atoms with Crippen LogP contribution in [0.4, 0.5) is 5.69 Å². The van der Waals surface area contributed by atoms with Gasteiger partial charge in [-0.15, -0.1) is 0 Å². The number of carbonyl (C=O) groups excluding carboxylic acids is 1. The summed E-state index contributed by atoms with van der Waals surface area (Å²) in [7, 11) is 0. The highest BCUT2D eigenvalue weighted by Gasteiger charge is 2.22. The minimum absolute atomic E-state index is 0.0173. The number of hydrogen-bond acceptors (Lipinski definition) is 4. The molecule has 1 unspecified atom stereocenters. The molecule has 1 aromatic carbocycles. The van der Waals surface area contributed by atoms with Gasteiger partial charge in [-0.3, -0.25) is 15.2 Å². The van der Waals surface area contributed by atoms with E-state index < -0.39 is 0 Å². The first kappa shape index (κ1) is 11.1. The van der Waals surface area contributed by atoms with E-state index in [4.69, 9.17) is 0 Å². The molecule has 1 amide bonds. The van der Waals surface area contributed by atoms with E-state index in [0.29, 0.717) is 0 Å². The SMILES string of the molecule is O=C(Nc1cccc2ncccc12)C1CCNN1. The quantitative estimate of drug-likeness (QED) is 0.736. The van der Waals surface area contributed by atoms with E-state index in [1.807, 2.05) is 30.3 Å². The van der Waals surface area contributed by atoms with Crippen molar-refractivity contribution in [3.8, 4) is 0 Å². The van der Waals surface area contributed by atoms with Gasteiger partial charge in [-0.25, -0.2) is 5.43 Å². The molecule has 2 aromatic rings. The van der Waals surface area contributed by atoms with Crippen LogP contribution < -0.4 is 16.2 Å². The number of pyridine rings is 1.